The molecule has 2 atom stereocenters. The first-order chi connectivity index (χ1) is 21.1. The molecule has 1 fully saturated rings. The van der Waals surface area contributed by atoms with E-state index in [1.165, 1.54) is 42.0 Å². The normalized spacial score (nSPS) is 16.2. The van der Waals surface area contributed by atoms with Gasteiger partial charge < -0.3 is 29.8 Å². The number of ether oxygens (including phenoxy) is 1. The molecule has 14 heteroatoms. The molecular weight excluding hydrogens is 598 g/mol. The lowest BCUT2D eigenvalue weighted by molar-refractivity contribution is -0.139. The van der Waals surface area contributed by atoms with E-state index < -0.39 is 35.9 Å². The lowest BCUT2D eigenvalue weighted by Crippen LogP contribution is -2.46. The molecule has 44 heavy (non-hydrogen) atoms. The Kier molecular flexibility index (Phi) is 9.23. The number of aromatic nitrogens is 3. The van der Waals surface area contributed by atoms with Crippen LogP contribution in [-0.4, -0.2) is 68.4 Å². The van der Waals surface area contributed by atoms with Gasteiger partial charge in [0.2, 0.25) is 11.8 Å². The van der Waals surface area contributed by atoms with Crippen molar-refractivity contribution < 1.29 is 32.7 Å². The zero-order chi connectivity index (χ0) is 31.4. The van der Waals surface area contributed by atoms with Crippen LogP contribution in [0.1, 0.15) is 35.0 Å². The average molecular weight is 627 g/mol. The molecule has 3 amide bonds. The fourth-order valence-electron chi connectivity index (χ4n) is 5.15. The molecule has 11 nitrogen and oxygen atoms in total. The van der Waals surface area contributed by atoms with Crippen LogP contribution in [0.3, 0.4) is 0 Å². The Balaban J connectivity index is 1.26. The number of ketones is 1. The molecule has 3 heterocycles. The van der Waals surface area contributed by atoms with E-state index in [1.807, 2.05) is 0 Å². The number of hydrogen-bond acceptors (Lipinski definition) is 6. The van der Waals surface area contributed by atoms with Crippen LogP contribution in [0.5, 0.6) is 5.75 Å². The summed E-state index contributed by atoms with van der Waals surface area (Å²) in [5.41, 5.74) is 1.80. The predicted molar refractivity (Wildman–Crippen MR) is 157 cm³/mol. The monoisotopic (exact) mass is 626 g/mol. The van der Waals surface area contributed by atoms with Crippen LogP contribution < -0.4 is 15.4 Å². The highest BCUT2D eigenvalue weighted by Gasteiger charge is 2.39. The van der Waals surface area contributed by atoms with Crippen LogP contribution in [0.15, 0.2) is 55.1 Å². The average Bonchev–Trinajstić information content (AvgIpc) is 3.73. The summed E-state index contributed by atoms with van der Waals surface area (Å²) in [5.74, 6) is -1.92. The second-order valence-electron chi connectivity index (χ2n) is 10.4. The third-order valence-electron chi connectivity index (χ3n) is 7.32. The van der Waals surface area contributed by atoms with E-state index in [4.69, 9.17) is 16.3 Å². The molecule has 230 valence electrons. The highest BCUT2D eigenvalue weighted by molar-refractivity contribution is 6.30. The minimum atomic E-state index is -1.42. The summed E-state index contributed by atoms with van der Waals surface area (Å²) in [6.45, 7) is 0.935. The summed E-state index contributed by atoms with van der Waals surface area (Å²) in [6.07, 6.45) is 2.92. The van der Waals surface area contributed by atoms with Crippen LogP contribution in [0, 0.1) is 5.82 Å². The maximum absolute atomic E-state index is 14.5. The van der Waals surface area contributed by atoms with E-state index in [-0.39, 0.29) is 48.2 Å². The van der Waals surface area contributed by atoms with E-state index in [9.17, 15) is 28.0 Å². The van der Waals surface area contributed by atoms with Crippen molar-refractivity contribution in [1.29, 1.82) is 0 Å². The zero-order valence-corrected chi connectivity index (χ0v) is 24.4. The molecule has 4 aromatic rings. The number of rotatable bonds is 10. The number of H-pyrrole nitrogens is 1. The molecule has 1 aliphatic rings. The minimum absolute atomic E-state index is 0.0922. The van der Waals surface area contributed by atoms with Crippen LogP contribution >= 0.6 is 11.6 Å². The number of Topliss-reactive ketones (excluding diaryl/α,β-unsaturated/α-hetero) is 1. The minimum Gasteiger partial charge on any atom is -0.410 e. The van der Waals surface area contributed by atoms with Gasteiger partial charge in [-0.25, -0.2) is 18.6 Å². The van der Waals surface area contributed by atoms with Gasteiger partial charge in [-0.1, -0.05) is 23.7 Å². The molecule has 0 radical (unpaired) electrons. The van der Waals surface area contributed by atoms with Gasteiger partial charge in [-0.2, -0.15) is 0 Å². The van der Waals surface area contributed by atoms with E-state index >= 15 is 0 Å². The molecular formula is C30H29ClF2N6O5. The second kappa shape index (κ2) is 13.2. The Morgan fingerprint density at radius 3 is 2.75 bits per heavy atom. The van der Waals surface area contributed by atoms with Crippen molar-refractivity contribution >= 4 is 46.2 Å². The lowest BCUT2D eigenvalue weighted by atomic mass is 10.1. The number of aromatic amines is 1. The van der Waals surface area contributed by atoms with Crippen molar-refractivity contribution in [2.75, 3.05) is 13.1 Å². The highest BCUT2D eigenvalue weighted by Crippen LogP contribution is 2.28. The number of nitrogens with one attached hydrogen (secondary N) is 3. The van der Waals surface area contributed by atoms with Gasteiger partial charge in [-0.3, -0.25) is 14.4 Å². The summed E-state index contributed by atoms with van der Waals surface area (Å²) in [6, 6.07) is 7.95. The third kappa shape index (κ3) is 6.88. The van der Waals surface area contributed by atoms with Crippen molar-refractivity contribution in [2.24, 2.45) is 0 Å². The topological polar surface area (TPSA) is 138 Å². The number of fused-ring (bicyclic) bond motifs is 1. The van der Waals surface area contributed by atoms with E-state index in [2.05, 4.69) is 20.6 Å². The van der Waals surface area contributed by atoms with Gasteiger partial charge in [0.25, 0.3) is 0 Å². The lowest BCUT2D eigenvalue weighted by Gasteiger charge is -2.24. The Morgan fingerprint density at radius 1 is 1.18 bits per heavy atom. The molecule has 2 aromatic heterocycles. The smallest absolute Gasteiger partial charge is 0.410 e. The summed E-state index contributed by atoms with van der Waals surface area (Å²) in [7, 11) is 0. The SMILES string of the molecule is CC(=O)c1cn(CC(=O)N2CC(F)CC2C(=O)NCc2cccc(Cl)c2F)c2ccc(OC(=O)NCCc3cnc[nH]3)cc12. The van der Waals surface area contributed by atoms with Gasteiger partial charge >= 0.3 is 6.09 Å². The molecule has 2 aromatic carbocycles. The van der Waals surface area contributed by atoms with Crippen LogP contribution in [0.25, 0.3) is 10.9 Å². The predicted octanol–water partition coefficient (Wildman–Crippen LogP) is 3.95. The molecule has 0 saturated carbocycles. The number of imidazole rings is 1. The van der Waals surface area contributed by atoms with Gasteiger partial charge in [-0.05, 0) is 31.2 Å². The maximum atomic E-state index is 14.5. The first-order valence-corrected chi connectivity index (χ1v) is 14.2. The largest absolute Gasteiger partial charge is 0.412 e. The molecule has 1 saturated heterocycles. The number of alkyl halides is 1. The third-order valence-corrected chi connectivity index (χ3v) is 7.62. The number of amides is 3. The van der Waals surface area contributed by atoms with Crippen molar-refractivity contribution in [3.8, 4) is 5.75 Å². The first-order valence-electron chi connectivity index (χ1n) is 13.8. The molecule has 0 aliphatic carbocycles. The van der Waals surface area contributed by atoms with E-state index in [0.29, 0.717) is 29.4 Å². The van der Waals surface area contributed by atoms with E-state index in [0.717, 1.165) is 10.6 Å². The molecule has 1 aliphatic heterocycles. The molecule has 0 bridgehead atoms. The summed E-state index contributed by atoms with van der Waals surface area (Å²) in [5, 5.41) is 5.57. The molecule has 3 N–H and O–H groups in total. The van der Waals surface area contributed by atoms with Gasteiger partial charge in [0.15, 0.2) is 5.78 Å². The Morgan fingerprint density at radius 2 is 2.00 bits per heavy atom. The number of nitrogens with zero attached hydrogens (tertiary/aromatic N) is 3. The number of hydrogen-bond donors (Lipinski definition) is 3. The van der Waals surface area contributed by atoms with Crippen molar-refractivity contribution in [2.45, 2.75) is 45.1 Å². The van der Waals surface area contributed by atoms with Crippen molar-refractivity contribution in [3.63, 3.8) is 0 Å². The Hall–Kier alpha value is -4.78. The van der Waals surface area contributed by atoms with Gasteiger partial charge in [-0.15, -0.1) is 0 Å². The summed E-state index contributed by atoms with van der Waals surface area (Å²) >= 11 is 5.80. The number of benzene rings is 2. The van der Waals surface area contributed by atoms with Crippen molar-refractivity contribution in [1.82, 2.24) is 30.1 Å². The number of carbonyl (C=O) groups excluding carboxylic acids is 4. The summed E-state index contributed by atoms with van der Waals surface area (Å²) in [4.78, 5) is 59.1. The quantitative estimate of drug-likeness (QED) is 0.228. The van der Waals surface area contributed by atoms with Crippen molar-refractivity contribution in [3.05, 3.63) is 82.8 Å². The second-order valence-corrected chi connectivity index (χ2v) is 10.8. The van der Waals surface area contributed by atoms with Gasteiger partial charge in [0.05, 0.1) is 17.9 Å². The molecule has 5 rings (SSSR count). The molecule has 0 spiro atoms. The zero-order valence-electron chi connectivity index (χ0n) is 23.6. The molecule has 2 unspecified atom stereocenters. The Bertz CT molecular complexity index is 1710. The summed E-state index contributed by atoms with van der Waals surface area (Å²) < 4.78 is 35.6. The maximum Gasteiger partial charge on any atom is 0.412 e. The Labute approximate surface area is 255 Å². The van der Waals surface area contributed by atoms with Crippen LogP contribution in [0.4, 0.5) is 13.6 Å². The van der Waals surface area contributed by atoms with Gasteiger partial charge in [0, 0.05) is 66.0 Å². The van der Waals surface area contributed by atoms with Gasteiger partial charge in [0.1, 0.15) is 30.3 Å². The number of likely N-dealkylation sites (tertiary alicyclic amines) is 1. The fourth-order valence-corrected chi connectivity index (χ4v) is 5.34. The van der Waals surface area contributed by atoms with E-state index in [1.54, 1.807) is 24.7 Å². The number of halogens is 3. The van der Waals surface area contributed by atoms with Crippen LogP contribution in [-0.2, 0) is 29.1 Å². The fraction of sp³-hybridized carbons (Fsp3) is 0.300. The van der Waals surface area contributed by atoms with Crippen LogP contribution in [0.2, 0.25) is 5.02 Å². The standard InChI is InChI=1S/C30H29ClF2N6O5/c1-17(40)23-14-38(25-6-5-21(10-22(23)25)44-30(43)35-8-7-20-12-34-16-37-20)15-27(41)39-13-19(32)9-26(39)29(42)36-11-18-3-2-4-24(31)28(18)33/h2-6,10,12,14,16,19,26H,7-9,11,13,15H2,1H3,(H,34,37)(H,35,43)(H,36,42). The number of carbonyl (C=O) groups is 4. The first kappa shape index (κ1) is 30.7. The highest BCUT2D eigenvalue weighted by atomic mass is 35.5.